The Kier molecular flexibility index (Phi) is 4.82. The van der Waals surface area contributed by atoms with Crippen LogP contribution in [0.5, 0.6) is 5.75 Å². The number of hydrogen-bond acceptors (Lipinski definition) is 7. The fourth-order valence-electron chi connectivity index (χ4n) is 3.74. The second-order valence-electron chi connectivity index (χ2n) is 7.16. The van der Waals surface area contributed by atoms with Gasteiger partial charge in [0.1, 0.15) is 28.8 Å². The molecule has 0 N–H and O–H groups in total. The lowest BCUT2D eigenvalue weighted by molar-refractivity contribution is 0.0970. The first-order valence-electron chi connectivity index (χ1n) is 9.71. The maximum Gasteiger partial charge on any atom is 0.297 e. The third-order valence-electron chi connectivity index (χ3n) is 5.12. The molecule has 0 bridgehead atoms. The van der Waals surface area contributed by atoms with Crippen molar-refractivity contribution in [3.8, 4) is 5.75 Å². The Morgan fingerprint density at radius 3 is 2.69 bits per heavy atom. The third kappa shape index (κ3) is 3.18. The van der Waals surface area contributed by atoms with Crippen molar-refractivity contribution in [2.75, 3.05) is 11.5 Å². The Bertz CT molecular complexity index is 1430. The number of anilines is 1. The molecular weight excluding hydrogens is 433 g/mol. The average Bonchev–Trinajstić information content (AvgIpc) is 3.34. The average molecular weight is 449 g/mol. The molecule has 2 aromatic heterocycles. The summed E-state index contributed by atoms with van der Waals surface area (Å²) in [5, 5.41) is 9.20. The van der Waals surface area contributed by atoms with Crippen LogP contribution in [0.25, 0.3) is 11.0 Å². The number of aryl methyl sites for hydroxylation is 1. The zero-order valence-electron chi connectivity index (χ0n) is 16.9. The van der Waals surface area contributed by atoms with Gasteiger partial charge in [-0.25, -0.2) is 4.39 Å². The van der Waals surface area contributed by atoms with Crippen LogP contribution in [0.4, 0.5) is 9.52 Å². The van der Waals surface area contributed by atoms with Crippen LogP contribution in [-0.2, 0) is 0 Å². The van der Waals surface area contributed by atoms with Crippen LogP contribution in [0, 0.1) is 12.7 Å². The van der Waals surface area contributed by atoms with Gasteiger partial charge in [-0.1, -0.05) is 36.1 Å². The summed E-state index contributed by atoms with van der Waals surface area (Å²) in [7, 11) is 0. The Morgan fingerprint density at radius 1 is 1.22 bits per heavy atom. The first kappa shape index (κ1) is 20.1. The lowest BCUT2D eigenvalue weighted by Crippen LogP contribution is -2.29. The molecule has 3 heterocycles. The van der Waals surface area contributed by atoms with Crippen molar-refractivity contribution in [2.24, 2.45) is 0 Å². The summed E-state index contributed by atoms with van der Waals surface area (Å²) < 4.78 is 25.2. The van der Waals surface area contributed by atoms with E-state index in [-0.39, 0.29) is 22.3 Å². The quantitative estimate of drug-likeness (QED) is 0.420. The summed E-state index contributed by atoms with van der Waals surface area (Å²) in [5.41, 5.74) is 0.472. The summed E-state index contributed by atoms with van der Waals surface area (Å²) in [6.07, 6.45) is 1.63. The van der Waals surface area contributed by atoms with Crippen LogP contribution in [0.3, 0.4) is 0 Å². The van der Waals surface area contributed by atoms with Crippen molar-refractivity contribution in [3.63, 3.8) is 0 Å². The van der Waals surface area contributed by atoms with Gasteiger partial charge in [0.15, 0.2) is 5.43 Å². The van der Waals surface area contributed by atoms with Crippen molar-refractivity contribution in [3.05, 3.63) is 93.1 Å². The smallest absolute Gasteiger partial charge is 0.297 e. The highest BCUT2D eigenvalue weighted by molar-refractivity contribution is 7.15. The van der Waals surface area contributed by atoms with Crippen LogP contribution in [0.15, 0.2) is 64.3 Å². The molecule has 1 aliphatic rings. The summed E-state index contributed by atoms with van der Waals surface area (Å²) in [5.74, 6) is -0.537. The fraction of sp³-hybridized carbons (Fsp3) is 0.130. The molecule has 1 amide bonds. The molecule has 0 fully saturated rings. The number of fused-ring (bicyclic) bond motifs is 2. The minimum Gasteiger partial charge on any atom is -0.490 e. The third-order valence-corrected chi connectivity index (χ3v) is 5.96. The summed E-state index contributed by atoms with van der Waals surface area (Å²) in [4.78, 5) is 28.2. The predicted molar refractivity (Wildman–Crippen MR) is 118 cm³/mol. The van der Waals surface area contributed by atoms with Gasteiger partial charge in [0.05, 0.1) is 17.0 Å². The highest BCUT2D eigenvalue weighted by Gasteiger charge is 2.45. The molecule has 5 rings (SSSR count). The van der Waals surface area contributed by atoms with Crippen molar-refractivity contribution in [2.45, 2.75) is 13.0 Å². The van der Waals surface area contributed by atoms with Gasteiger partial charge in [-0.15, -0.1) is 10.2 Å². The number of amides is 1. The standard InChI is InChI=1S/C23H16FN3O4S/c1-3-10-30-15-7-4-13(5-8-15)19-18-20(28)16-11-14(24)6-9-17(16)31-21(18)22(29)27(19)23-26-25-12(2)32-23/h3-9,11,19H,1,10H2,2H3. The van der Waals surface area contributed by atoms with Crippen molar-refractivity contribution < 1.29 is 18.3 Å². The Labute approximate surface area is 185 Å². The van der Waals surface area contributed by atoms with Gasteiger partial charge in [0.25, 0.3) is 5.91 Å². The van der Waals surface area contributed by atoms with Crippen LogP contribution < -0.4 is 15.1 Å². The molecule has 0 saturated carbocycles. The first-order chi connectivity index (χ1) is 15.5. The number of aromatic nitrogens is 2. The Balaban J connectivity index is 1.72. The van der Waals surface area contributed by atoms with E-state index in [1.165, 1.54) is 28.4 Å². The molecule has 9 heteroatoms. The fourth-order valence-corrected chi connectivity index (χ4v) is 4.46. The lowest BCUT2D eigenvalue weighted by atomic mass is 9.98. The van der Waals surface area contributed by atoms with Crippen LogP contribution in [-0.4, -0.2) is 22.7 Å². The second-order valence-corrected chi connectivity index (χ2v) is 8.32. The van der Waals surface area contributed by atoms with E-state index in [4.69, 9.17) is 9.15 Å². The molecule has 2 aromatic carbocycles. The molecule has 32 heavy (non-hydrogen) atoms. The van der Waals surface area contributed by atoms with Crippen LogP contribution in [0.1, 0.15) is 32.7 Å². The van der Waals surface area contributed by atoms with E-state index < -0.39 is 23.2 Å². The highest BCUT2D eigenvalue weighted by atomic mass is 32.1. The minimum atomic E-state index is -0.803. The molecular formula is C23H16FN3O4S. The SMILES string of the molecule is C=CCOc1ccc(C2c3c(oc4ccc(F)cc4c3=O)C(=O)N2c2nnc(C)s2)cc1. The second kappa shape index (κ2) is 7.69. The largest absolute Gasteiger partial charge is 0.490 e. The van der Waals surface area contributed by atoms with Gasteiger partial charge in [-0.3, -0.25) is 14.5 Å². The number of carbonyl (C=O) groups is 1. The summed E-state index contributed by atoms with van der Waals surface area (Å²) >= 11 is 1.23. The Morgan fingerprint density at radius 2 is 2.00 bits per heavy atom. The maximum atomic E-state index is 13.9. The zero-order chi connectivity index (χ0) is 22.4. The van der Waals surface area contributed by atoms with E-state index in [1.807, 2.05) is 0 Å². The van der Waals surface area contributed by atoms with Crippen LogP contribution in [0.2, 0.25) is 0 Å². The van der Waals surface area contributed by atoms with E-state index >= 15 is 0 Å². The van der Waals surface area contributed by atoms with E-state index in [0.717, 1.165) is 6.07 Å². The molecule has 0 spiro atoms. The molecule has 1 atom stereocenters. The number of hydrogen-bond donors (Lipinski definition) is 0. The normalized spacial score (nSPS) is 15.2. The monoisotopic (exact) mass is 449 g/mol. The van der Waals surface area contributed by atoms with Gasteiger partial charge < -0.3 is 9.15 Å². The zero-order valence-corrected chi connectivity index (χ0v) is 17.7. The molecule has 0 radical (unpaired) electrons. The molecule has 0 saturated heterocycles. The number of carbonyl (C=O) groups excluding carboxylic acids is 1. The highest BCUT2D eigenvalue weighted by Crippen LogP contribution is 2.42. The predicted octanol–water partition coefficient (Wildman–Crippen LogP) is 4.41. The number of rotatable bonds is 5. The first-order valence-corrected chi connectivity index (χ1v) is 10.5. The van der Waals surface area contributed by atoms with Crippen molar-refractivity contribution in [1.29, 1.82) is 0 Å². The number of nitrogens with zero attached hydrogens (tertiary/aromatic N) is 3. The van der Waals surface area contributed by atoms with Gasteiger partial charge >= 0.3 is 0 Å². The lowest BCUT2D eigenvalue weighted by Gasteiger charge is -2.22. The maximum absolute atomic E-state index is 13.9. The van der Waals surface area contributed by atoms with Gasteiger partial charge in [-0.05, 0) is 42.8 Å². The van der Waals surface area contributed by atoms with E-state index in [2.05, 4.69) is 16.8 Å². The molecule has 4 aromatic rings. The van der Waals surface area contributed by atoms with Crippen molar-refractivity contribution >= 4 is 33.3 Å². The molecule has 1 aliphatic heterocycles. The minimum absolute atomic E-state index is 0.0720. The van der Waals surface area contributed by atoms with E-state index in [1.54, 1.807) is 37.3 Å². The Hall–Kier alpha value is -3.85. The van der Waals surface area contributed by atoms with Gasteiger partial charge in [0, 0.05) is 0 Å². The summed E-state index contributed by atoms with van der Waals surface area (Å²) in [6, 6.07) is 9.86. The molecule has 160 valence electrons. The molecule has 0 aliphatic carbocycles. The molecule has 1 unspecified atom stereocenters. The van der Waals surface area contributed by atoms with Gasteiger partial charge in [0.2, 0.25) is 10.9 Å². The van der Waals surface area contributed by atoms with Gasteiger partial charge in [-0.2, -0.15) is 0 Å². The number of ether oxygens (including phenoxy) is 1. The summed E-state index contributed by atoms with van der Waals surface area (Å²) in [6.45, 7) is 5.75. The number of halogens is 1. The van der Waals surface area contributed by atoms with E-state index in [0.29, 0.717) is 28.1 Å². The van der Waals surface area contributed by atoms with Crippen molar-refractivity contribution in [1.82, 2.24) is 10.2 Å². The van der Waals surface area contributed by atoms with E-state index in [9.17, 15) is 14.0 Å². The molecule has 7 nitrogen and oxygen atoms in total. The number of benzene rings is 2. The van der Waals surface area contributed by atoms with Crippen LogP contribution >= 0.6 is 11.3 Å². The topological polar surface area (TPSA) is 85.5 Å².